The van der Waals surface area contributed by atoms with Gasteiger partial charge in [0.15, 0.2) is 23.3 Å². The van der Waals surface area contributed by atoms with Gasteiger partial charge in [0.2, 0.25) is 0 Å². The largest absolute Gasteiger partial charge is 0.486 e. The smallest absolute Gasteiger partial charge is 0.192 e. The molecule has 0 saturated carbocycles. The zero-order chi connectivity index (χ0) is 20.1. The number of aromatic nitrogens is 3. The predicted octanol–water partition coefficient (Wildman–Crippen LogP) is 2.26. The molecule has 1 aliphatic heterocycles. The lowest BCUT2D eigenvalue weighted by atomic mass is 10.2. The topological polar surface area (TPSA) is 85.6 Å². The molecule has 2 N–H and O–H groups in total. The summed E-state index contributed by atoms with van der Waals surface area (Å²) in [6.07, 6.45) is -0.101. The molecule has 29 heavy (non-hydrogen) atoms. The summed E-state index contributed by atoms with van der Waals surface area (Å²) >= 11 is 1.71. The van der Waals surface area contributed by atoms with E-state index in [4.69, 9.17) is 9.47 Å². The monoisotopic (exact) mass is 412 g/mol. The number of aryl methyl sites for hydroxylation is 1. The van der Waals surface area contributed by atoms with Crippen molar-refractivity contribution in [2.24, 2.45) is 12.0 Å². The number of nitrogens with zero attached hydrogens (tertiary/aromatic N) is 4. The van der Waals surface area contributed by atoms with Crippen molar-refractivity contribution >= 4 is 17.3 Å². The molecule has 1 unspecified atom stereocenters. The van der Waals surface area contributed by atoms with Crippen LogP contribution in [0.2, 0.25) is 0 Å². The first kappa shape index (κ1) is 19.3. The summed E-state index contributed by atoms with van der Waals surface area (Å²) in [7, 11) is 1.94. The Morgan fingerprint density at radius 2 is 2.07 bits per heavy atom. The second-order valence-corrected chi connectivity index (χ2v) is 7.73. The first-order valence-corrected chi connectivity index (χ1v) is 10.3. The average Bonchev–Trinajstić information content (AvgIpc) is 3.38. The van der Waals surface area contributed by atoms with Crippen LogP contribution < -0.4 is 20.1 Å². The molecule has 3 aromatic rings. The van der Waals surface area contributed by atoms with Crippen LogP contribution in [0.25, 0.3) is 0 Å². The predicted molar refractivity (Wildman–Crippen MR) is 112 cm³/mol. The fourth-order valence-electron chi connectivity index (χ4n) is 2.87. The number of hydrogen-bond acceptors (Lipinski definition) is 6. The molecule has 0 aliphatic carbocycles. The zero-order valence-electron chi connectivity index (χ0n) is 16.5. The molecule has 0 fully saturated rings. The van der Waals surface area contributed by atoms with Crippen molar-refractivity contribution in [3.8, 4) is 11.5 Å². The van der Waals surface area contributed by atoms with Crippen LogP contribution in [0, 0.1) is 6.92 Å². The number of rotatable bonds is 6. The highest BCUT2D eigenvalue weighted by atomic mass is 32.1. The van der Waals surface area contributed by atoms with Crippen LogP contribution in [0.5, 0.6) is 11.5 Å². The van der Waals surface area contributed by atoms with Crippen molar-refractivity contribution < 1.29 is 9.47 Å². The summed E-state index contributed by atoms with van der Waals surface area (Å²) in [4.78, 5) is 5.91. The van der Waals surface area contributed by atoms with Crippen molar-refractivity contribution in [2.45, 2.75) is 26.1 Å². The van der Waals surface area contributed by atoms with Crippen LogP contribution in [-0.2, 0) is 20.1 Å². The van der Waals surface area contributed by atoms with E-state index < -0.39 is 0 Å². The molecule has 9 heteroatoms. The lowest BCUT2D eigenvalue weighted by Gasteiger charge is -2.27. The molecule has 1 aliphatic rings. The van der Waals surface area contributed by atoms with Crippen molar-refractivity contribution in [3.63, 3.8) is 0 Å². The van der Waals surface area contributed by atoms with Gasteiger partial charge in [-0.2, -0.15) is 0 Å². The van der Waals surface area contributed by atoms with E-state index >= 15 is 0 Å². The van der Waals surface area contributed by atoms with E-state index in [1.807, 2.05) is 48.9 Å². The Kier molecular flexibility index (Phi) is 5.95. The molecule has 152 valence electrons. The second kappa shape index (κ2) is 8.95. The summed E-state index contributed by atoms with van der Waals surface area (Å²) in [6, 6.07) is 11.8. The number of nitrogens with one attached hydrogen (secondary N) is 2. The van der Waals surface area contributed by atoms with Gasteiger partial charge in [0.25, 0.3) is 0 Å². The van der Waals surface area contributed by atoms with Crippen LogP contribution in [0.15, 0.2) is 46.8 Å². The van der Waals surface area contributed by atoms with Gasteiger partial charge in [-0.1, -0.05) is 18.2 Å². The first-order chi connectivity index (χ1) is 14.2. The Labute approximate surface area is 173 Å². The highest BCUT2D eigenvalue weighted by Gasteiger charge is 2.20. The Balaban J connectivity index is 1.39. The lowest BCUT2D eigenvalue weighted by molar-refractivity contribution is 0.0936. The highest BCUT2D eigenvalue weighted by molar-refractivity contribution is 7.09. The van der Waals surface area contributed by atoms with E-state index in [1.165, 1.54) is 4.88 Å². The Hall–Kier alpha value is -3.07. The highest BCUT2D eigenvalue weighted by Crippen LogP contribution is 2.30. The van der Waals surface area contributed by atoms with Gasteiger partial charge in [-0.15, -0.1) is 21.5 Å². The number of para-hydroxylation sites is 2. The summed E-state index contributed by atoms with van der Waals surface area (Å²) in [5.41, 5.74) is 0. The van der Waals surface area contributed by atoms with Crippen LogP contribution in [0.4, 0.5) is 0 Å². The van der Waals surface area contributed by atoms with E-state index in [1.54, 1.807) is 11.3 Å². The molecule has 0 radical (unpaired) electrons. The van der Waals surface area contributed by atoms with Gasteiger partial charge >= 0.3 is 0 Å². The number of guanidine groups is 1. The third kappa shape index (κ3) is 4.86. The minimum Gasteiger partial charge on any atom is -0.486 e. The van der Waals surface area contributed by atoms with Crippen molar-refractivity contribution in [1.82, 2.24) is 25.4 Å². The molecule has 1 aromatic carbocycles. The molecule has 0 bridgehead atoms. The first-order valence-electron chi connectivity index (χ1n) is 9.47. The summed E-state index contributed by atoms with van der Waals surface area (Å²) in [5.74, 6) is 3.92. The molecule has 0 amide bonds. The standard InChI is InChI=1S/C20H24N6O2S/c1-14-24-25-19(26(14)2)12-23-20(22-11-16-6-5-9-29-16)21-10-15-13-27-17-7-3-4-8-18(17)28-15/h3-9,15H,10-13H2,1-2H3,(H2,21,22,23). The SMILES string of the molecule is Cc1nnc(CN=C(NCc2cccs2)NCC2COc3ccccc3O2)n1C. The van der Waals surface area contributed by atoms with Gasteiger partial charge in [0.05, 0.1) is 13.1 Å². The van der Waals surface area contributed by atoms with E-state index in [2.05, 4.69) is 37.3 Å². The second-order valence-electron chi connectivity index (χ2n) is 6.70. The minimum absolute atomic E-state index is 0.101. The number of hydrogen-bond donors (Lipinski definition) is 2. The Morgan fingerprint density at radius 3 is 2.83 bits per heavy atom. The minimum atomic E-state index is -0.101. The van der Waals surface area contributed by atoms with Crippen molar-refractivity contribution in [3.05, 3.63) is 58.3 Å². The maximum atomic E-state index is 6.02. The molecular weight excluding hydrogens is 388 g/mol. The fraction of sp³-hybridized carbons (Fsp3) is 0.350. The summed E-state index contributed by atoms with van der Waals surface area (Å²) < 4.78 is 13.8. The van der Waals surface area contributed by atoms with Crippen molar-refractivity contribution in [2.75, 3.05) is 13.2 Å². The number of benzene rings is 1. The molecule has 0 spiro atoms. The number of ether oxygens (including phenoxy) is 2. The molecular formula is C20H24N6O2S. The molecule has 0 saturated heterocycles. The molecule has 2 aromatic heterocycles. The van der Waals surface area contributed by atoms with Crippen LogP contribution >= 0.6 is 11.3 Å². The number of thiophene rings is 1. The number of fused-ring (bicyclic) bond motifs is 1. The van der Waals surface area contributed by atoms with E-state index in [9.17, 15) is 0 Å². The van der Waals surface area contributed by atoms with Gasteiger partial charge in [0.1, 0.15) is 25.1 Å². The van der Waals surface area contributed by atoms with Gasteiger partial charge < -0.3 is 24.7 Å². The maximum Gasteiger partial charge on any atom is 0.192 e. The normalized spacial score (nSPS) is 15.9. The quantitative estimate of drug-likeness (QED) is 0.477. The Bertz CT molecular complexity index is 969. The summed E-state index contributed by atoms with van der Waals surface area (Å²) in [6.45, 7) is 4.12. The number of aliphatic imine (C=N–C) groups is 1. The van der Waals surface area contributed by atoms with E-state index in [-0.39, 0.29) is 6.10 Å². The zero-order valence-corrected chi connectivity index (χ0v) is 17.3. The van der Waals surface area contributed by atoms with Crippen LogP contribution in [0.3, 0.4) is 0 Å². The average molecular weight is 413 g/mol. The van der Waals surface area contributed by atoms with Gasteiger partial charge in [-0.3, -0.25) is 0 Å². The van der Waals surface area contributed by atoms with Gasteiger partial charge in [-0.05, 0) is 30.5 Å². The fourth-order valence-corrected chi connectivity index (χ4v) is 3.52. The van der Waals surface area contributed by atoms with E-state index in [0.717, 1.165) is 23.1 Å². The lowest BCUT2D eigenvalue weighted by Crippen LogP contribution is -2.45. The van der Waals surface area contributed by atoms with Gasteiger partial charge in [-0.25, -0.2) is 4.99 Å². The van der Waals surface area contributed by atoms with E-state index in [0.29, 0.717) is 32.2 Å². The third-order valence-corrected chi connectivity index (χ3v) is 5.51. The molecule has 8 nitrogen and oxygen atoms in total. The van der Waals surface area contributed by atoms with Crippen LogP contribution in [0.1, 0.15) is 16.5 Å². The summed E-state index contributed by atoms with van der Waals surface area (Å²) in [5, 5.41) is 17.1. The molecule has 3 heterocycles. The third-order valence-electron chi connectivity index (χ3n) is 4.64. The van der Waals surface area contributed by atoms with Crippen LogP contribution in [-0.4, -0.2) is 40.0 Å². The van der Waals surface area contributed by atoms with Crippen molar-refractivity contribution in [1.29, 1.82) is 0 Å². The maximum absolute atomic E-state index is 6.02. The van der Waals surface area contributed by atoms with Gasteiger partial charge in [0, 0.05) is 11.9 Å². The Morgan fingerprint density at radius 1 is 1.21 bits per heavy atom. The molecule has 1 atom stereocenters. The molecule has 4 rings (SSSR count).